The molecule has 0 bridgehead atoms. The van der Waals surface area contributed by atoms with Gasteiger partial charge in [0.05, 0.1) is 28.5 Å². The molecule has 0 amide bonds. The SMILES string of the molecule is Cc1nc2ccccc2nc1CN1CCN(CC(C)O)C(C)C1. The predicted molar refractivity (Wildman–Crippen MR) is 92.3 cm³/mol. The Kier molecular flexibility index (Phi) is 4.90. The van der Waals surface area contributed by atoms with Crippen molar-refractivity contribution in [2.24, 2.45) is 0 Å². The number of aliphatic hydroxyl groups is 1. The van der Waals surface area contributed by atoms with Crippen molar-refractivity contribution < 1.29 is 5.11 Å². The van der Waals surface area contributed by atoms with Crippen LogP contribution in [-0.2, 0) is 6.54 Å². The summed E-state index contributed by atoms with van der Waals surface area (Å²) in [4.78, 5) is 14.3. The molecule has 0 spiro atoms. The Morgan fingerprint density at radius 3 is 2.57 bits per heavy atom. The third-order valence-corrected chi connectivity index (χ3v) is 4.56. The fourth-order valence-electron chi connectivity index (χ4n) is 3.31. The van der Waals surface area contributed by atoms with Crippen LogP contribution in [0.3, 0.4) is 0 Å². The molecule has 0 aliphatic carbocycles. The van der Waals surface area contributed by atoms with E-state index in [0.717, 1.165) is 55.1 Å². The Balaban J connectivity index is 1.69. The number of benzene rings is 1. The number of β-amino-alcohol motifs (C(OH)–C–C–N with tert-alkyl or cyclic N) is 1. The van der Waals surface area contributed by atoms with Gasteiger partial charge in [-0.2, -0.15) is 0 Å². The molecule has 1 N–H and O–H groups in total. The zero-order valence-corrected chi connectivity index (χ0v) is 14.2. The van der Waals surface area contributed by atoms with Gasteiger partial charge in [0.15, 0.2) is 0 Å². The van der Waals surface area contributed by atoms with Crippen LogP contribution in [0.2, 0.25) is 0 Å². The largest absolute Gasteiger partial charge is 0.392 e. The third-order valence-electron chi connectivity index (χ3n) is 4.56. The first-order chi connectivity index (χ1) is 11.0. The number of rotatable bonds is 4. The van der Waals surface area contributed by atoms with E-state index in [2.05, 4.69) is 21.7 Å². The van der Waals surface area contributed by atoms with Gasteiger partial charge >= 0.3 is 0 Å². The van der Waals surface area contributed by atoms with E-state index in [1.165, 1.54) is 0 Å². The quantitative estimate of drug-likeness (QED) is 0.933. The van der Waals surface area contributed by atoms with Gasteiger partial charge in [0, 0.05) is 38.8 Å². The molecular weight excluding hydrogens is 288 g/mol. The summed E-state index contributed by atoms with van der Waals surface area (Å²) in [5.74, 6) is 0. The van der Waals surface area contributed by atoms with Crippen LogP contribution in [0.15, 0.2) is 24.3 Å². The van der Waals surface area contributed by atoms with Gasteiger partial charge in [0.1, 0.15) is 0 Å². The standard InChI is InChI=1S/C18H26N4O/c1-13-10-21(8-9-22(13)11-14(2)23)12-18-15(3)19-16-6-4-5-7-17(16)20-18/h4-7,13-14,23H,8-12H2,1-3H3. The Morgan fingerprint density at radius 2 is 1.91 bits per heavy atom. The minimum absolute atomic E-state index is 0.266. The van der Waals surface area contributed by atoms with Crippen molar-refractivity contribution in [2.75, 3.05) is 26.2 Å². The molecule has 2 heterocycles. The van der Waals surface area contributed by atoms with E-state index >= 15 is 0 Å². The summed E-state index contributed by atoms with van der Waals surface area (Å²) < 4.78 is 0. The number of hydrogen-bond donors (Lipinski definition) is 1. The normalized spacial score (nSPS) is 21.7. The van der Waals surface area contributed by atoms with Crippen molar-refractivity contribution >= 4 is 11.0 Å². The molecule has 5 nitrogen and oxygen atoms in total. The molecule has 3 rings (SSSR count). The van der Waals surface area contributed by atoms with E-state index in [1.54, 1.807) is 0 Å². The van der Waals surface area contributed by atoms with Gasteiger partial charge in [-0.25, -0.2) is 9.97 Å². The third kappa shape index (κ3) is 3.86. The molecule has 2 aromatic rings. The van der Waals surface area contributed by atoms with Crippen molar-refractivity contribution in [3.8, 4) is 0 Å². The number of fused-ring (bicyclic) bond motifs is 1. The zero-order valence-electron chi connectivity index (χ0n) is 14.2. The number of nitrogens with zero attached hydrogens (tertiary/aromatic N) is 4. The zero-order chi connectivity index (χ0) is 16.4. The maximum Gasteiger partial charge on any atom is 0.0890 e. The summed E-state index contributed by atoms with van der Waals surface area (Å²) in [7, 11) is 0. The van der Waals surface area contributed by atoms with Gasteiger partial charge in [0.2, 0.25) is 0 Å². The van der Waals surface area contributed by atoms with Crippen LogP contribution in [0.5, 0.6) is 0 Å². The molecule has 1 aliphatic rings. The molecule has 2 atom stereocenters. The number of para-hydroxylation sites is 2. The first-order valence-electron chi connectivity index (χ1n) is 8.39. The molecule has 1 saturated heterocycles. The summed E-state index contributed by atoms with van der Waals surface area (Å²) in [5, 5.41) is 9.59. The highest BCUT2D eigenvalue weighted by molar-refractivity contribution is 5.74. The van der Waals surface area contributed by atoms with Crippen LogP contribution in [0.4, 0.5) is 0 Å². The van der Waals surface area contributed by atoms with E-state index in [9.17, 15) is 5.11 Å². The maximum atomic E-state index is 9.59. The minimum Gasteiger partial charge on any atom is -0.392 e. The second-order valence-electron chi connectivity index (χ2n) is 6.67. The van der Waals surface area contributed by atoms with Crippen LogP contribution in [0, 0.1) is 6.92 Å². The Bertz CT molecular complexity index is 673. The van der Waals surface area contributed by atoms with Crippen LogP contribution in [-0.4, -0.2) is 63.2 Å². The fourth-order valence-corrected chi connectivity index (χ4v) is 3.31. The van der Waals surface area contributed by atoms with Crippen molar-refractivity contribution in [3.05, 3.63) is 35.7 Å². The van der Waals surface area contributed by atoms with Gasteiger partial charge in [0.25, 0.3) is 0 Å². The second-order valence-corrected chi connectivity index (χ2v) is 6.67. The highest BCUT2D eigenvalue weighted by Crippen LogP contribution is 2.16. The van der Waals surface area contributed by atoms with E-state index in [-0.39, 0.29) is 6.10 Å². The maximum absolute atomic E-state index is 9.59. The van der Waals surface area contributed by atoms with Gasteiger partial charge in [-0.05, 0) is 32.9 Å². The number of aliphatic hydroxyl groups excluding tert-OH is 1. The molecule has 1 aromatic heterocycles. The fraction of sp³-hybridized carbons (Fsp3) is 0.556. The Labute approximate surface area is 138 Å². The summed E-state index contributed by atoms with van der Waals surface area (Å²) in [6.45, 7) is 10.7. The summed E-state index contributed by atoms with van der Waals surface area (Å²) >= 11 is 0. The number of piperazine rings is 1. The first-order valence-corrected chi connectivity index (χ1v) is 8.39. The van der Waals surface area contributed by atoms with Crippen molar-refractivity contribution in [1.82, 2.24) is 19.8 Å². The predicted octanol–water partition coefficient (Wildman–Crippen LogP) is 1.83. The number of aromatic nitrogens is 2. The second kappa shape index (κ2) is 6.91. The minimum atomic E-state index is -0.266. The summed E-state index contributed by atoms with van der Waals surface area (Å²) in [5.41, 5.74) is 4.01. The van der Waals surface area contributed by atoms with Crippen molar-refractivity contribution in [1.29, 1.82) is 0 Å². The molecule has 0 radical (unpaired) electrons. The number of aryl methyl sites for hydroxylation is 1. The monoisotopic (exact) mass is 314 g/mol. The first kappa shape index (κ1) is 16.3. The molecule has 2 unspecified atom stereocenters. The average Bonchev–Trinajstić information content (AvgIpc) is 2.50. The van der Waals surface area contributed by atoms with Crippen LogP contribution in [0.1, 0.15) is 25.2 Å². The highest BCUT2D eigenvalue weighted by Gasteiger charge is 2.25. The summed E-state index contributed by atoms with van der Waals surface area (Å²) in [6, 6.07) is 8.49. The van der Waals surface area contributed by atoms with E-state index in [1.807, 2.05) is 38.1 Å². The Hall–Kier alpha value is -1.56. The lowest BCUT2D eigenvalue weighted by atomic mass is 10.1. The molecular formula is C18H26N4O. The lowest BCUT2D eigenvalue weighted by Gasteiger charge is -2.40. The molecule has 23 heavy (non-hydrogen) atoms. The van der Waals surface area contributed by atoms with E-state index < -0.39 is 0 Å². The Morgan fingerprint density at radius 1 is 1.22 bits per heavy atom. The van der Waals surface area contributed by atoms with Crippen LogP contribution in [0.25, 0.3) is 11.0 Å². The molecule has 5 heteroatoms. The van der Waals surface area contributed by atoms with Gasteiger partial charge < -0.3 is 5.11 Å². The van der Waals surface area contributed by atoms with Crippen molar-refractivity contribution in [2.45, 2.75) is 39.5 Å². The molecule has 1 aliphatic heterocycles. The van der Waals surface area contributed by atoms with E-state index in [4.69, 9.17) is 4.98 Å². The van der Waals surface area contributed by atoms with Gasteiger partial charge in [-0.15, -0.1) is 0 Å². The highest BCUT2D eigenvalue weighted by atomic mass is 16.3. The van der Waals surface area contributed by atoms with Gasteiger partial charge in [-0.1, -0.05) is 12.1 Å². The van der Waals surface area contributed by atoms with Gasteiger partial charge in [-0.3, -0.25) is 9.80 Å². The molecule has 124 valence electrons. The topological polar surface area (TPSA) is 52.5 Å². The van der Waals surface area contributed by atoms with Crippen LogP contribution < -0.4 is 0 Å². The lowest BCUT2D eigenvalue weighted by Crippen LogP contribution is -2.53. The van der Waals surface area contributed by atoms with Crippen molar-refractivity contribution in [3.63, 3.8) is 0 Å². The lowest BCUT2D eigenvalue weighted by molar-refractivity contribution is 0.0418. The van der Waals surface area contributed by atoms with E-state index in [0.29, 0.717) is 6.04 Å². The molecule has 0 saturated carbocycles. The summed E-state index contributed by atoms with van der Waals surface area (Å²) in [6.07, 6.45) is -0.266. The molecule has 1 fully saturated rings. The molecule has 1 aromatic carbocycles. The van der Waals surface area contributed by atoms with Crippen LogP contribution >= 0.6 is 0 Å². The average molecular weight is 314 g/mol. The smallest absolute Gasteiger partial charge is 0.0890 e. The number of hydrogen-bond acceptors (Lipinski definition) is 5.